The Morgan fingerprint density at radius 1 is 1.53 bits per heavy atom. The van der Waals surface area contributed by atoms with Crippen molar-refractivity contribution in [2.45, 2.75) is 44.9 Å². The maximum absolute atomic E-state index is 12.0. The molecule has 3 nitrogen and oxygen atoms in total. The van der Waals surface area contributed by atoms with Gasteiger partial charge < -0.3 is 4.42 Å². The molecule has 0 unspecified atom stereocenters. The van der Waals surface area contributed by atoms with Gasteiger partial charge in [0.2, 0.25) is 0 Å². The van der Waals surface area contributed by atoms with Gasteiger partial charge in [0.15, 0.2) is 0 Å². The van der Waals surface area contributed by atoms with Crippen molar-refractivity contribution in [1.29, 1.82) is 0 Å². The van der Waals surface area contributed by atoms with Gasteiger partial charge >= 0.3 is 0 Å². The second-order valence-electron chi connectivity index (χ2n) is 4.91. The number of terminal acetylenes is 1. The lowest BCUT2D eigenvalue weighted by Crippen LogP contribution is -2.35. The molecule has 0 saturated carbocycles. The van der Waals surface area contributed by atoms with E-state index in [0.29, 0.717) is 6.42 Å². The first-order chi connectivity index (χ1) is 7.84. The van der Waals surface area contributed by atoms with Crippen molar-refractivity contribution in [3.05, 3.63) is 23.7 Å². The van der Waals surface area contributed by atoms with Crippen molar-refractivity contribution in [2.75, 3.05) is 0 Å². The third-order valence-electron chi connectivity index (χ3n) is 2.23. The summed E-state index contributed by atoms with van der Waals surface area (Å²) in [6.07, 6.45) is 5.78. The van der Waals surface area contributed by atoms with Crippen molar-refractivity contribution in [3.63, 3.8) is 0 Å². The average molecular weight is 253 g/mol. The molecule has 1 rings (SSSR count). The van der Waals surface area contributed by atoms with E-state index in [0.717, 1.165) is 11.5 Å². The van der Waals surface area contributed by atoms with Crippen LogP contribution in [0.4, 0.5) is 0 Å². The maximum atomic E-state index is 12.0. The topological polar surface area (TPSA) is 42.2 Å². The fourth-order valence-corrected chi connectivity index (χ4v) is 2.08. The summed E-state index contributed by atoms with van der Waals surface area (Å²) >= 11 is 0. The van der Waals surface area contributed by atoms with E-state index in [1.165, 1.54) is 0 Å². The molecule has 0 aliphatic carbocycles. The molecule has 0 aliphatic rings. The fraction of sp³-hybridized carbons (Fsp3) is 0.538. The minimum Gasteiger partial charge on any atom is -0.465 e. The average Bonchev–Trinajstić information content (AvgIpc) is 2.62. The van der Waals surface area contributed by atoms with Crippen molar-refractivity contribution in [3.8, 4) is 12.3 Å². The Bertz CT molecular complexity index is 437. The number of rotatable bonds is 4. The monoisotopic (exact) mass is 253 g/mol. The van der Waals surface area contributed by atoms with Gasteiger partial charge in [0.1, 0.15) is 11.5 Å². The number of furan rings is 1. The van der Waals surface area contributed by atoms with Gasteiger partial charge in [0.25, 0.3) is 0 Å². The third-order valence-corrected chi connectivity index (χ3v) is 3.84. The zero-order valence-electron chi connectivity index (χ0n) is 10.7. The van der Waals surface area contributed by atoms with Gasteiger partial charge in [0, 0.05) is 6.42 Å². The van der Waals surface area contributed by atoms with Crippen LogP contribution in [0.3, 0.4) is 0 Å². The Hall–Kier alpha value is -1.05. The fourth-order valence-electron chi connectivity index (χ4n) is 1.26. The third kappa shape index (κ3) is 4.03. The van der Waals surface area contributed by atoms with E-state index in [4.69, 9.17) is 10.8 Å². The van der Waals surface area contributed by atoms with E-state index >= 15 is 0 Å². The minimum absolute atomic E-state index is 0.200. The maximum Gasteiger partial charge on any atom is 0.123 e. The molecule has 1 aromatic heterocycles. The molecule has 4 heteroatoms. The van der Waals surface area contributed by atoms with E-state index in [1.807, 2.05) is 39.8 Å². The van der Waals surface area contributed by atoms with Gasteiger partial charge in [-0.25, -0.2) is 8.93 Å². The SMILES string of the molecule is C#CC[C@H](N[S@](=O)C(C)(C)C)c1ccc(C)o1. The summed E-state index contributed by atoms with van der Waals surface area (Å²) in [5.74, 6) is 4.13. The summed E-state index contributed by atoms with van der Waals surface area (Å²) in [5.41, 5.74) is 0. The van der Waals surface area contributed by atoms with Gasteiger partial charge in [-0.3, -0.25) is 0 Å². The minimum atomic E-state index is -1.17. The van der Waals surface area contributed by atoms with Crippen molar-refractivity contribution >= 4 is 11.0 Å². The summed E-state index contributed by atoms with van der Waals surface area (Å²) in [5, 5.41) is 0. The summed E-state index contributed by atoms with van der Waals surface area (Å²) in [6, 6.07) is 3.54. The first-order valence-corrected chi connectivity index (χ1v) is 6.67. The highest BCUT2D eigenvalue weighted by molar-refractivity contribution is 7.84. The molecule has 0 fully saturated rings. The zero-order chi connectivity index (χ0) is 13.1. The molecule has 1 aromatic rings. The smallest absolute Gasteiger partial charge is 0.123 e. The van der Waals surface area contributed by atoms with E-state index in [1.54, 1.807) is 0 Å². The molecular weight excluding hydrogens is 234 g/mol. The summed E-state index contributed by atoms with van der Waals surface area (Å²) in [6.45, 7) is 7.61. The first kappa shape index (κ1) is 14.0. The molecule has 0 radical (unpaired) electrons. The normalized spacial score (nSPS) is 15.2. The highest BCUT2D eigenvalue weighted by atomic mass is 32.2. The van der Waals surface area contributed by atoms with Crippen LogP contribution in [0.15, 0.2) is 16.5 Å². The summed E-state index contributed by atoms with van der Waals surface area (Å²) in [7, 11) is -1.17. The van der Waals surface area contributed by atoms with Crippen LogP contribution in [0.25, 0.3) is 0 Å². The van der Waals surface area contributed by atoms with Crippen LogP contribution in [0.2, 0.25) is 0 Å². The molecule has 94 valence electrons. The van der Waals surface area contributed by atoms with E-state index in [-0.39, 0.29) is 10.8 Å². The Kier molecular flexibility index (Phi) is 4.55. The van der Waals surface area contributed by atoms with Gasteiger partial charge in [0.05, 0.1) is 21.8 Å². The summed E-state index contributed by atoms with van der Waals surface area (Å²) in [4.78, 5) is 0. The second-order valence-corrected chi connectivity index (χ2v) is 6.91. The van der Waals surface area contributed by atoms with Crippen LogP contribution < -0.4 is 4.72 Å². The molecule has 0 aromatic carbocycles. The van der Waals surface area contributed by atoms with Crippen LogP contribution in [0, 0.1) is 19.3 Å². The molecule has 1 N–H and O–H groups in total. The van der Waals surface area contributed by atoms with Gasteiger partial charge in [-0.2, -0.15) is 0 Å². The summed E-state index contributed by atoms with van der Waals surface area (Å²) < 4.78 is 20.2. The van der Waals surface area contributed by atoms with Gasteiger partial charge in [-0.15, -0.1) is 12.3 Å². The predicted octanol–water partition coefficient (Wildman–Crippen LogP) is 2.70. The molecule has 0 aliphatic heterocycles. The lowest BCUT2D eigenvalue weighted by molar-refractivity contribution is 0.434. The van der Waals surface area contributed by atoms with E-state index < -0.39 is 11.0 Å². The lowest BCUT2D eigenvalue weighted by Gasteiger charge is -2.22. The van der Waals surface area contributed by atoms with Crippen molar-refractivity contribution in [2.24, 2.45) is 0 Å². The number of nitrogens with one attached hydrogen (secondary N) is 1. The largest absolute Gasteiger partial charge is 0.465 e. The van der Waals surface area contributed by atoms with Gasteiger partial charge in [-0.1, -0.05) is 0 Å². The van der Waals surface area contributed by atoms with Crippen LogP contribution in [-0.4, -0.2) is 8.96 Å². The Balaban J connectivity index is 2.82. The Labute approximate surface area is 106 Å². The quantitative estimate of drug-likeness (QED) is 0.838. The molecule has 1 heterocycles. The van der Waals surface area contributed by atoms with E-state index in [2.05, 4.69) is 10.6 Å². The van der Waals surface area contributed by atoms with Crippen molar-refractivity contribution in [1.82, 2.24) is 4.72 Å². The predicted molar refractivity (Wildman–Crippen MR) is 70.7 cm³/mol. The molecular formula is C13H19NO2S. The second kappa shape index (κ2) is 5.52. The zero-order valence-corrected chi connectivity index (χ0v) is 11.6. The molecule has 17 heavy (non-hydrogen) atoms. The highest BCUT2D eigenvalue weighted by Gasteiger charge is 2.24. The van der Waals surface area contributed by atoms with Crippen LogP contribution >= 0.6 is 0 Å². The van der Waals surface area contributed by atoms with Crippen LogP contribution in [0.5, 0.6) is 0 Å². The molecule has 0 saturated heterocycles. The number of hydrogen-bond donors (Lipinski definition) is 1. The number of aryl methyl sites for hydroxylation is 1. The van der Waals surface area contributed by atoms with Crippen LogP contribution in [-0.2, 0) is 11.0 Å². The molecule has 2 atom stereocenters. The Morgan fingerprint density at radius 3 is 2.59 bits per heavy atom. The van der Waals surface area contributed by atoms with Crippen LogP contribution in [0.1, 0.15) is 44.8 Å². The van der Waals surface area contributed by atoms with E-state index in [9.17, 15) is 4.21 Å². The molecule has 0 amide bonds. The Morgan fingerprint density at radius 2 is 2.18 bits per heavy atom. The first-order valence-electron chi connectivity index (χ1n) is 5.52. The molecule has 0 spiro atoms. The van der Waals surface area contributed by atoms with Crippen molar-refractivity contribution < 1.29 is 8.63 Å². The van der Waals surface area contributed by atoms with Gasteiger partial charge in [-0.05, 0) is 39.8 Å². The number of hydrogen-bond acceptors (Lipinski definition) is 2. The molecule has 0 bridgehead atoms. The lowest BCUT2D eigenvalue weighted by atomic mass is 10.2. The standard InChI is InChI=1S/C13H19NO2S/c1-6-7-11(12-9-8-10(2)16-12)14-17(15)13(3,4)5/h1,8-9,11,14H,7H2,2-5H3/t11-,17+/m0/s1. The highest BCUT2D eigenvalue weighted by Crippen LogP contribution is 2.21.